The third-order valence-corrected chi connectivity index (χ3v) is 11.1. The Hall–Kier alpha value is -4.48. The number of Topliss-reactive ketones (excluding diaryl/α,β-unsaturated/α-hetero) is 1. The largest absolute Gasteiger partial charge is 0.384 e. The molecule has 0 aliphatic heterocycles. The molecule has 2 aliphatic carbocycles. The number of thioether (sulfide) groups is 1. The summed E-state index contributed by atoms with van der Waals surface area (Å²) in [6, 6.07) is 31.6. The van der Waals surface area contributed by atoms with E-state index in [9.17, 15) is 9.70 Å². The van der Waals surface area contributed by atoms with Gasteiger partial charge in [-0.25, -0.2) is 0 Å². The van der Waals surface area contributed by atoms with Gasteiger partial charge in [0.1, 0.15) is 0 Å². The molecule has 0 bridgehead atoms. The maximum absolute atomic E-state index is 13.1. The van der Waals surface area contributed by atoms with Crippen LogP contribution in [0.3, 0.4) is 0 Å². The van der Waals surface area contributed by atoms with Crippen molar-refractivity contribution in [1.29, 1.82) is 0 Å². The number of carbonyl (C=O) groups is 1. The molecule has 0 radical (unpaired) electrons. The molecule has 0 amide bonds. The van der Waals surface area contributed by atoms with Gasteiger partial charge in [-0.15, -0.1) is 0 Å². The highest BCUT2D eigenvalue weighted by Crippen LogP contribution is 2.54. The van der Waals surface area contributed by atoms with E-state index in [4.69, 9.17) is 0 Å². The monoisotopic (exact) mass is 637 g/mol. The highest BCUT2D eigenvalue weighted by Gasteiger charge is 2.39. The van der Waals surface area contributed by atoms with Crippen LogP contribution in [-0.4, -0.2) is 24.3 Å². The summed E-state index contributed by atoms with van der Waals surface area (Å²) < 4.78 is 0. The van der Waals surface area contributed by atoms with Crippen molar-refractivity contribution in [2.75, 3.05) is 23.9 Å². The van der Waals surface area contributed by atoms with Crippen molar-refractivity contribution < 1.29 is 9.97 Å². The molecule has 0 saturated heterocycles. The third-order valence-electron chi connectivity index (χ3n) is 10.4. The zero-order valence-electron chi connectivity index (χ0n) is 28.0. The summed E-state index contributed by atoms with van der Waals surface area (Å²) in [4.78, 5) is 24.0. The second kappa shape index (κ2) is 11.6. The van der Waals surface area contributed by atoms with Crippen LogP contribution in [0, 0.1) is 11.8 Å². The van der Waals surface area contributed by atoms with Crippen LogP contribution in [-0.2, 0) is 17.3 Å². The predicted molar refractivity (Wildman–Crippen MR) is 197 cm³/mol. The zero-order chi connectivity index (χ0) is 33.1. The molecule has 0 spiro atoms. The van der Waals surface area contributed by atoms with Crippen LogP contribution in [0.15, 0.2) is 91.0 Å². The zero-order valence-corrected chi connectivity index (χ0v) is 28.8. The van der Waals surface area contributed by atoms with E-state index in [1.165, 1.54) is 66.9 Å². The summed E-state index contributed by atoms with van der Waals surface area (Å²) in [6.07, 6.45) is 2.46. The number of nitrogens with one attached hydrogen (secondary N) is 2. The molecule has 0 heterocycles. The molecule has 5 aromatic carbocycles. The first-order valence-corrected chi connectivity index (χ1v) is 17.8. The van der Waals surface area contributed by atoms with Crippen molar-refractivity contribution in [1.82, 2.24) is 0 Å². The van der Waals surface area contributed by atoms with Crippen molar-refractivity contribution in [3.8, 4) is 33.4 Å². The fourth-order valence-electron chi connectivity index (χ4n) is 7.97. The van der Waals surface area contributed by atoms with E-state index in [0.717, 1.165) is 17.9 Å². The van der Waals surface area contributed by atoms with E-state index in [1.54, 1.807) is 24.3 Å². The Morgan fingerprint density at radius 1 is 0.723 bits per heavy atom. The topological polar surface area (TPSA) is 60.1 Å². The SMILES string of the molecule is CSCCNc1ccc2c(c1)C(C)(C)c1c-2ccc(-c2ccc3c(c2)C(C)(C)c2cc(CC(=O)c4ccc([NH+]=O)cc4)ccc2-3)c1C. The molecule has 0 fully saturated rings. The van der Waals surface area contributed by atoms with Crippen LogP contribution in [0.25, 0.3) is 33.4 Å². The third kappa shape index (κ3) is 5.12. The van der Waals surface area contributed by atoms with Gasteiger partial charge in [-0.1, -0.05) is 76.2 Å². The minimum absolute atomic E-state index is 0.0400. The summed E-state index contributed by atoms with van der Waals surface area (Å²) >= 11 is 1.86. The first kappa shape index (κ1) is 31.1. The molecule has 2 N–H and O–H groups in total. The van der Waals surface area contributed by atoms with E-state index in [0.29, 0.717) is 17.7 Å². The second-order valence-electron chi connectivity index (χ2n) is 14.0. The van der Waals surface area contributed by atoms with Crippen LogP contribution in [0.5, 0.6) is 0 Å². The number of nitroso groups, excluding NO2 is 1. The fraction of sp³-hybridized carbons (Fsp3) is 0.262. The van der Waals surface area contributed by atoms with Gasteiger partial charge in [0.15, 0.2) is 5.78 Å². The molecule has 236 valence electrons. The van der Waals surface area contributed by atoms with Gasteiger partial charge in [0.2, 0.25) is 0 Å². The maximum atomic E-state index is 13.1. The Balaban J connectivity index is 1.20. The number of rotatable bonds is 9. The first-order chi connectivity index (χ1) is 22.5. The Morgan fingerprint density at radius 2 is 1.34 bits per heavy atom. The molecule has 5 heteroatoms. The summed E-state index contributed by atoms with van der Waals surface area (Å²) in [5.74, 6) is 1.13. The van der Waals surface area contributed by atoms with Crippen molar-refractivity contribution in [2.24, 2.45) is 0 Å². The Bertz CT molecular complexity index is 2070. The van der Waals surface area contributed by atoms with E-state index in [1.807, 2.05) is 16.9 Å². The van der Waals surface area contributed by atoms with Crippen LogP contribution < -0.4 is 10.5 Å². The number of carbonyl (C=O) groups excluding carboxylic acids is 1. The van der Waals surface area contributed by atoms with Crippen molar-refractivity contribution >= 4 is 28.9 Å². The minimum Gasteiger partial charge on any atom is -0.384 e. The first-order valence-electron chi connectivity index (χ1n) is 16.4. The summed E-state index contributed by atoms with van der Waals surface area (Å²) in [7, 11) is 0. The van der Waals surface area contributed by atoms with Gasteiger partial charge < -0.3 is 5.32 Å². The minimum atomic E-state index is -0.207. The Labute approximate surface area is 282 Å². The van der Waals surface area contributed by atoms with E-state index >= 15 is 0 Å². The molecule has 4 nitrogen and oxygen atoms in total. The van der Waals surface area contributed by atoms with E-state index < -0.39 is 0 Å². The van der Waals surface area contributed by atoms with Gasteiger partial charge in [0, 0.05) is 63.0 Å². The highest BCUT2D eigenvalue weighted by molar-refractivity contribution is 7.98. The lowest BCUT2D eigenvalue weighted by atomic mass is 9.78. The molecule has 0 aromatic heterocycles. The average molecular weight is 638 g/mol. The molecule has 0 atom stereocenters. The number of hydrogen-bond acceptors (Lipinski definition) is 4. The molecular weight excluding hydrogens is 597 g/mol. The number of fused-ring (bicyclic) bond motifs is 6. The maximum Gasteiger partial charge on any atom is 0.253 e. The van der Waals surface area contributed by atoms with Crippen molar-refractivity contribution in [3.05, 3.63) is 135 Å². The molecule has 7 rings (SSSR count). The lowest BCUT2D eigenvalue weighted by Gasteiger charge is -2.26. The molecule has 5 aromatic rings. The summed E-state index contributed by atoms with van der Waals surface area (Å²) in [5.41, 5.74) is 17.4. The molecular formula is C42H41N2O2S+. The second-order valence-corrected chi connectivity index (χ2v) is 15.0. The van der Waals surface area contributed by atoms with Crippen LogP contribution in [0.4, 0.5) is 11.4 Å². The van der Waals surface area contributed by atoms with Crippen LogP contribution in [0.1, 0.15) is 71.4 Å². The van der Waals surface area contributed by atoms with Gasteiger partial charge in [0.25, 0.3) is 5.69 Å². The number of hydrogen-bond donors (Lipinski definition) is 2. The lowest BCUT2D eigenvalue weighted by molar-refractivity contribution is -0.379. The highest BCUT2D eigenvalue weighted by atomic mass is 32.2. The average Bonchev–Trinajstić information content (AvgIpc) is 3.44. The van der Waals surface area contributed by atoms with E-state index in [-0.39, 0.29) is 16.6 Å². The molecule has 0 unspecified atom stereocenters. The van der Waals surface area contributed by atoms with Crippen molar-refractivity contribution in [3.63, 3.8) is 0 Å². The summed E-state index contributed by atoms with van der Waals surface area (Å²) in [5, 5.41) is 5.47. The van der Waals surface area contributed by atoms with Crippen LogP contribution in [0.2, 0.25) is 0 Å². The van der Waals surface area contributed by atoms with Crippen molar-refractivity contribution in [2.45, 2.75) is 51.9 Å². The predicted octanol–water partition coefficient (Wildman–Crippen LogP) is 8.95. The van der Waals surface area contributed by atoms with Gasteiger partial charge in [-0.2, -0.15) is 11.8 Å². The Kier molecular flexibility index (Phi) is 7.71. The van der Waals surface area contributed by atoms with Gasteiger partial charge in [-0.05, 0) is 110 Å². The van der Waals surface area contributed by atoms with Gasteiger partial charge in [0.05, 0.1) is 0 Å². The fourth-order valence-corrected chi connectivity index (χ4v) is 8.27. The number of ketones is 1. The quantitative estimate of drug-likeness (QED) is 0.125. The van der Waals surface area contributed by atoms with Gasteiger partial charge >= 0.3 is 0 Å². The van der Waals surface area contributed by atoms with Gasteiger partial charge in [-0.3, -0.25) is 4.79 Å². The normalized spacial score (nSPS) is 14.6. The van der Waals surface area contributed by atoms with Crippen LogP contribution >= 0.6 is 11.8 Å². The molecule has 47 heavy (non-hydrogen) atoms. The number of anilines is 1. The number of benzene rings is 5. The summed E-state index contributed by atoms with van der Waals surface area (Å²) in [6.45, 7) is 12.6. The standard InChI is InChI=1S/C42H40N2O2S/c1-25-31(17-18-35-34-16-13-30(43-19-20-47-6)24-38(34)42(4,5)40(25)35)28-10-15-33-32-14-7-26(21-36(32)41(2,3)37(33)23-28)22-39(45)27-8-11-29(44-46)12-9-27/h7-18,21,23-24,43H,19-20,22H2,1-6H3/p+1. The van der Waals surface area contributed by atoms with E-state index in [2.05, 4.69) is 113 Å². The molecule has 0 saturated carbocycles. The smallest absolute Gasteiger partial charge is 0.253 e. The lowest BCUT2D eigenvalue weighted by Crippen LogP contribution is -2.55. The Morgan fingerprint density at radius 3 is 2.06 bits per heavy atom. The molecule has 2 aliphatic rings.